The van der Waals surface area contributed by atoms with Gasteiger partial charge in [0.25, 0.3) is 0 Å². The second kappa shape index (κ2) is 3.01. The van der Waals surface area contributed by atoms with Crippen molar-refractivity contribution < 1.29 is 0 Å². The first kappa shape index (κ1) is 8.53. The van der Waals surface area contributed by atoms with E-state index in [9.17, 15) is 0 Å². The van der Waals surface area contributed by atoms with Crippen molar-refractivity contribution in [1.29, 1.82) is 0 Å². The van der Waals surface area contributed by atoms with Gasteiger partial charge in [0.2, 0.25) is 0 Å². The minimum absolute atomic E-state index is 0.132. The van der Waals surface area contributed by atoms with Crippen molar-refractivity contribution in [3.05, 3.63) is 35.2 Å². The highest BCUT2D eigenvalue weighted by Gasteiger charge is 2.12. The summed E-state index contributed by atoms with van der Waals surface area (Å²) in [5, 5.41) is 0.602. The molecule has 2 heterocycles. The Morgan fingerprint density at radius 2 is 2.31 bits per heavy atom. The van der Waals surface area contributed by atoms with Crippen LogP contribution in [-0.4, -0.2) is 9.38 Å². The maximum absolute atomic E-state index is 6.07. The number of imidazole rings is 1. The minimum Gasteiger partial charge on any atom is -0.323 e. The van der Waals surface area contributed by atoms with Gasteiger partial charge in [-0.15, -0.1) is 0 Å². The van der Waals surface area contributed by atoms with Gasteiger partial charge in [-0.05, 0) is 19.1 Å². The summed E-state index contributed by atoms with van der Waals surface area (Å²) in [6.45, 7) is 1.87. The van der Waals surface area contributed by atoms with Gasteiger partial charge in [0, 0.05) is 12.2 Å². The van der Waals surface area contributed by atoms with Crippen LogP contribution in [-0.2, 0) is 0 Å². The van der Waals surface area contributed by atoms with Gasteiger partial charge in [0.1, 0.15) is 10.8 Å². The Hall–Kier alpha value is -1.06. The molecule has 0 aliphatic heterocycles. The molecule has 3 nitrogen and oxygen atoms in total. The van der Waals surface area contributed by atoms with Crippen LogP contribution in [0.4, 0.5) is 0 Å². The SMILES string of the molecule is CC(N)c1nc2ccccn2c1Cl. The average molecular weight is 196 g/mol. The third-order valence-electron chi connectivity index (χ3n) is 1.93. The van der Waals surface area contributed by atoms with Crippen molar-refractivity contribution in [1.82, 2.24) is 9.38 Å². The van der Waals surface area contributed by atoms with Crippen molar-refractivity contribution in [3.8, 4) is 0 Å². The summed E-state index contributed by atoms with van der Waals surface area (Å²) < 4.78 is 1.82. The number of fused-ring (bicyclic) bond motifs is 1. The molecule has 0 aliphatic rings. The van der Waals surface area contributed by atoms with E-state index in [1.54, 1.807) is 0 Å². The molecule has 1 unspecified atom stereocenters. The van der Waals surface area contributed by atoms with Gasteiger partial charge < -0.3 is 5.73 Å². The zero-order chi connectivity index (χ0) is 9.42. The van der Waals surface area contributed by atoms with Gasteiger partial charge in [-0.25, -0.2) is 4.98 Å². The van der Waals surface area contributed by atoms with E-state index in [2.05, 4.69) is 4.98 Å². The number of aromatic nitrogens is 2. The van der Waals surface area contributed by atoms with E-state index in [0.29, 0.717) is 5.15 Å². The van der Waals surface area contributed by atoms with E-state index in [0.717, 1.165) is 11.3 Å². The number of hydrogen-bond donors (Lipinski definition) is 1. The van der Waals surface area contributed by atoms with E-state index in [-0.39, 0.29) is 6.04 Å². The van der Waals surface area contributed by atoms with Crippen molar-refractivity contribution in [2.45, 2.75) is 13.0 Å². The number of halogens is 1. The minimum atomic E-state index is -0.132. The van der Waals surface area contributed by atoms with Crippen molar-refractivity contribution in [3.63, 3.8) is 0 Å². The lowest BCUT2D eigenvalue weighted by atomic mass is 10.3. The summed E-state index contributed by atoms with van der Waals surface area (Å²) in [6, 6.07) is 5.60. The molecule has 0 bridgehead atoms. The van der Waals surface area contributed by atoms with Crippen LogP contribution >= 0.6 is 11.6 Å². The Morgan fingerprint density at radius 3 is 2.92 bits per heavy atom. The average Bonchev–Trinajstić information content (AvgIpc) is 2.45. The van der Waals surface area contributed by atoms with Crippen LogP contribution in [0.25, 0.3) is 5.65 Å². The van der Waals surface area contributed by atoms with Crippen molar-refractivity contribution in [2.75, 3.05) is 0 Å². The fraction of sp³-hybridized carbons (Fsp3) is 0.222. The highest BCUT2D eigenvalue weighted by Crippen LogP contribution is 2.21. The molecule has 0 saturated heterocycles. The number of nitrogens with two attached hydrogens (primary N) is 1. The maximum Gasteiger partial charge on any atom is 0.138 e. The van der Waals surface area contributed by atoms with Crippen molar-refractivity contribution in [2.24, 2.45) is 5.73 Å². The Labute approximate surface area is 81.1 Å². The van der Waals surface area contributed by atoms with E-state index < -0.39 is 0 Å². The normalized spacial score (nSPS) is 13.5. The molecule has 2 aromatic heterocycles. The Morgan fingerprint density at radius 1 is 1.54 bits per heavy atom. The Kier molecular flexibility index (Phi) is 1.98. The molecule has 0 fully saturated rings. The smallest absolute Gasteiger partial charge is 0.138 e. The first-order valence-electron chi connectivity index (χ1n) is 4.08. The summed E-state index contributed by atoms with van der Waals surface area (Å²) in [7, 11) is 0. The van der Waals surface area contributed by atoms with Gasteiger partial charge in [0.15, 0.2) is 0 Å². The summed E-state index contributed by atoms with van der Waals surface area (Å²) >= 11 is 6.07. The van der Waals surface area contributed by atoms with E-state index in [4.69, 9.17) is 17.3 Å². The van der Waals surface area contributed by atoms with Gasteiger partial charge in [-0.2, -0.15) is 0 Å². The topological polar surface area (TPSA) is 43.3 Å². The highest BCUT2D eigenvalue weighted by atomic mass is 35.5. The molecule has 4 heteroatoms. The molecule has 0 radical (unpaired) electrons. The number of nitrogens with zero attached hydrogens (tertiary/aromatic N) is 2. The van der Waals surface area contributed by atoms with Crippen LogP contribution in [0, 0.1) is 0 Å². The fourth-order valence-corrected chi connectivity index (χ4v) is 1.63. The highest BCUT2D eigenvalue weighted by molar-refractivity contribution is 6.30. The fourth-order valence-electron chi connectivity index (χ4n) is 1.27. The monoisotopic (exact) mass is 195 g/mol. The largest absolute Gasteiger partial charge is 0.323 e. The van der Waals surface area contributed by atoms with E-state index >= 15 is 0 Å². The molecule has 0 aromatic carbocycles. The molecular weight excluding hydrogens is 186 g/mol. The number of rotatable bonds is 1. The summed E-state index contributed by atoms with van der Waals surface area (Å²) in [5.74, 6) is 0. The van der Waals surface area contributed by atoms with Gasteiger partial charge >= 0.3 is 0 Å². The molecule has 1 atom stereocenters. The zero-order valence-corrected chi connectivity index (χ0v) is 7.99. The van der Waals surface area contributed by atoms with Crippen LogP contribution < -0.4 is 5.73 Å². The number of pyridine rings is 1. The first-order valence-corrected chi connectivity index (χ1v) is 4.46. The molecule has 0 aliphatic carbocycles. The third kappa shape index (κ3) is 1.30. The summed E-state index contributed by atoms with van der Waals surface area (Å²) in [5.41, 5.74) is 7.29. The first-order chi connectivity index (χ1) is 6.20. The van der Waals surface area contributed by atoms with Crippen LogP contribution in [0.15, 0.2) is 24.4 Å². The summed E-state index contributed by atoms with van der Waals surface area (Å²) in [4.78, 5) is 4.32. The molecule has 2 rings (SSSR count). The quantitative estimate of drug-likeness (QED) is 0.757. The van der Waals surface area contributed by atoms with Gasteiger partial charge in [-0.1, -0.05) is 17.7 Å². The van der Waals surface area contributed by atoms with E-state index in [1.165, 1.54) is 0 Å². The van der Waals surface area contributed by atoms with Crippen LogP contribution in [0.5, 0.6) is 0 Å². The second-order valence-corrected chi connectivity index (χ2v) is 3.36. The van der Waals surface area contributed by atoms with E-state index in [1.807, 2.05) is 35.7 Å². The zero-order valence-electron chi connectivity index (χ0n) is 7.24. The maximum atomic E-state index is 6.07. The Bertz CT molecular complexity index is 433. The Balaban J connectivity index is 2.74. The molecule has 13 heavy (non-hydrogen) atoms. The molecule has 0 amide bonds. The van der Waals surface area contributed by atoms with Crippen LogP contribution in [0.1, 0.15) is 18.7 Å². The van der Waals surface area contributed by atoms with Gasteiger partial charge in [0.05, 0.1) is 5.69 Å². The van der Waals surface area contributed by atoms with Crippen molar-refractivity contribution >= 4 is 17.2 Å². The molecule has 2 N–H and O–H groups in total. The number of hydrogen-bond acceptors (Lipinski definition) is 2. The molecule has 0 saturated carbocycles. The third-order valence-corrected chi connectivity index (χ3v) is 2.30. The second-order valence-electron chi connectivity index (χ2n) is 3.01. The lowest BCUT2D eigenvalue weighted by Crippen LogP contribution is -2.05. The standard InChI is InChI=1S/C9H10ClN3/c1-6(11)8-9(10)13-5-3-2-4-7(13)12-8/h2-6H,11H2,1H3. The molecule has 68 valence electrons. The predicted molar refractivity (Wildman–Crippen MR) is 52.8 cm³/mol. The predicted octanol–water partition coefficient (Wildman–Crippen LogP) is 2.01. The molecule has 0 spiro atoms. The summed E-state index contributed by atoms with van der Waals surface area (Å²) in [6.07, 6.45) is 1.87. The lowest BCUT2D eigenvalue weighted by molar-refractivity contribution is 0.790. The molecule has 2 aromatic rings. The van der Waals surface area contributed by atoms with Crippen LogP contribution in [0.3, 0.4) is 0 Å². The lowest BCUT2D eigenvalue weighted by Gasteiger charge is -1.99. The molecular formula is C9H10ClN3. The van der Waals surface area contributed by atoms with Gasteiger partial charge in [-0.3, -0.25) is 4.40 Å². The van der Waals surface area contributed by atoms with Crippen LogP contribution in [0.2, 0.25) is 5.15 Å².